The van der Waals surface area contributed by atoms with E-state index in [4.69, 9.17) is 12.2 Å². The van der Waals surface area contributed by atoms with Gasteiger partial charge in [-0.2, -0.15) is 0 Å². The number of nitrogens with one attached hydrogen (secondary N) is 2. The van der Waals surface area contributed by atoms with Gasteiger partial charge in [-0.05, 0) is 53.0 Å². The van der Waals surface area contributed by atoms with Crippen LogP contribution in [0.4, 0.5) is 11.4 Å². The molecule has 0 spiro atoms. The van der Waals surface area contributed by atoms with E-state index >= 15 is 0 Å². The molecule has 8 heteroatoms. The third-order valence-electron chi connectivity index (χ3n) is 2.69. The molecule has 2 N–H and O–H groups in total. The van der Waals surface area contributed by atoms with Gasteiger partial charge in [-0.25, -0.2) is 0 Å². The number of halogens is 1. The van der Waals surface area contributed by atoms with E-state index in [-0.39, 0.29) is 22.4 Å². The number of thiocarbonyl (C=S) groups is 1. The number of nitro benzene ring substituents is 1. The normalized spacial score (nSPS) is 9.86. The summed E-state index contributed by atoms with van der Waals surface area (Å²) in [6.45, 7) is 0. The number of nitro groups is 1. The molecule has 22 heavy (non-hydrogen) atoms. The van der Waals surface area contributed by atoms with E-state index in [0.29, 0.717) is 5.56 Å². The van der Waals surface area contributed by atoms with Crippen LogP contribution >= 0.6 is 34.8 Å². The Morgan fingerprint density at radius 3 is 2.45 bits per heavy atom. The van der Waals surface area contributed by atoms with Gasteiger partial charge < -0.3 is 5.32 Å². The molecule has 0 heterocycles. The first-order chi connectivity index (χ1) is 10.5. The summed E-state index contributed by atoms with van der Waals surface area (Å²) in [5.41, 5.74) is 0.587. The molecule has 2 aromatic carbocycles. The lowest BCUT2D eigenvalue weighted by Crippen LogP contribution is -2.34. The van der Waals surface area contributed by atoms with Crippen LogP contribution in [0.3, 0.4) is 0 Å². The Hall–Kier alpha value is -2.07. The summed E-state index contributed by atoms with van der Waals surface area (Å²) in [7, 11) is 0. The second kappa shape index (κ2) is 7.27. The smallest absolute Gasteiger partial charge is 0.292 e. The van der Waals surface area contributed by atoms with Crippen molar-refractivity contribution in [2.45, 2.75) is 0 Å². The van der Waals surface area contributed by atoms with Gasteiger partial charge in [0.05, 0.1) is 10.5 Å². The number of rotatable bonds is 3. The minimum atomic E-state index is -0.521. The number of benzene rings is 2. The lowest BCUT2D eigenvalue weighted by molar-refractivity contribution is -0.383. The van der Waals surface area contributed by atoms with Gasteiger partial charge in [0.25, 0.3) is 11.6 Å². The standard InChI is InChI=1S/C14H10IN3O3S/c15-10-6-2-1-5-9(10)13(19)17-14(22)16-11-7-3-4-8-12(11)18(20)21/h1-8H,(H2,16,17,19,22). The molecule has 0 saturated carbocycles. The van der Waals surface area contributed by atoms with E-state index in [1.165, 1.54) is 12.1 Å². The van der Waals surface area contributed by atoms with Crippen molar-refractivity contribution in [2.75, 3.05) is 5.32 Å². The predicted molar refractivity (Wildman–Crippen MR) is 95.9 cm³/mol. The van der Waals surface area contributed by atoms with Crippen molar-refractivity contribution in [3.63, 3.8) is 0 Å². The van der Waals surface area contributed by atoms with Crippen molar-refractivity contribution >= 4 is 57.2 Å². The first-order valence-electron chi connectivity index (χ1n) is 6.09. The number of carbonyl (C=O) groups is 1. The number of nitrogens with zero attached hydrogens (tertiary/aromatic N) is 1. The highest BCUT2D eigenvalue weighted by Gasteiger charge is 2.15. The van der Waals surface area contributed by atoms with Crippen LogP contribution in [-0.2, 0) is 0 Å². The van der Waals surface area contributed by atoms with Gasteiger partial charge in [-0.15, -0.1) is 0 Å². The molecule has 0 aliphatic rings. The molecule has 0 atom stereocenters. The molecule has 0 fully saturated rings. The van der Waals surface area contributed by atoms with E-state index in [1.54, 1.807) is 30.3 Å². The summed E-state index contributed by atoms with van der Waals surface area (Å²) >= 11 is 7.08. The van der Waals surface area contributed by atoms with Crippen LogP contribution in [0.2, 0.25) is 0 Å². The Bertz CT molecular complexity index is 752. The predicted octanol–water partition coefficient (Wildman–Crippen LogP) is 3.33. The summed E-state index contributed by atoms with van der Waals surface area (Å²) in [5.74, 6) is -0.374. The van der Waals surface area contributed by atoms with Crippen molar-refractivity contribution in [1.29, 1.82) is 0 Å². The summed E-state index contributed by atoms with van der Waals surface area (Å²) in [5, 5.41) is 16.1. The maximum absolute atomic E-state index is 12.1. The van der Waals surface area contributed by atoms with E-state index < -0.39 is 4.92 Å². The SMILES string of the molecule is O=C(NC(=S)Nc1ccccc1[N+](=O)[O-])c1ccccc1I. The molecule has 0 aliphatic carbocycles. The zero-order valence-corrected chi connectivity index (χ0v) is 14.1. The van der Waals surface area contributed by atoms with E-state index in [0.717, 1.165) is 3.57 Å². The zero-order chi connectivity index (χ0) is 16.1. The van der Waals surface area contributed by atoms with E-state index in [9.17, 15) is 14.9 Å². The van der Waals surface area contributed by atoms with E-state index in [2.05, 4.69) is 10.6 Å². The first-order valence-corrected chi connectivity index (χ1v) is 7.58. The Morgan fingerprint density at radius 1 is 1.14 bits per heavy atom. The summed E-state index contributed by atoms with van der Waals surface area (Å²) in [6.07, 6.45) is 0. The fraction of sp³-hybridized carbons (Fsp3) is 0. The Labute approximate surface area is 145 Å². The first kappa shape index (κ1) is 16.3. The summed E-state index contributed by atoms with van der Waals surface area (Å²) in [6, 6.07) is 13.1. The van der Waals surface area contributed by atoms with Crippen molar-refractivity contribution in [1.82, 2.24) is 5.32 Å². The van der Waals surface area contributed by atoms with Crippen LogP contribution in [0.25, 0.3) is 0 Å². The average Bonchev–Trinajstić information content (AvgIpc) is 2.47. The zero-order valence-electron chi connectivity index (χ0n) is 11.1. The van der Waals surface area contributed by atoms with E-state index in [1.807, 2.05) is 28.7 Å². The molecule has 0 radical (unpaired) electrons. The third kappa shape index (κ3) is 3.98. The fourth-order valence-electron chi connectivity index (χ4n) is 1.71. The number of para-hydroxylation sites is 2. The summed E-state index contributed by atoms with van der Waals surface area (Å²) in [4.78, 5) is 22.5. The molecular formula is C14H10IN3O3S. The number of hydrogen-bond acceptors (Lipinski definition) is 4. The fourth-order valence-corrected chi connectivity index (χ4v) is 2.54. The van der Waals surface area contributed by atoms with Crippen LogP contribution in [0.15, 0.2) is 48.5 Å². The Balaban J connectivity index is 2.10. The van der Waals surface area contributed by atoms with Crippen LogP contribution < -0.4 is 10.6 Å². The molecule has 112 valence electrons. The van der Waals surface area contributed by atoms with Gasteiger partial charge in [-0.1, -0.05) is 24.3 Å². The number of hydrogen-bond donors (Lipinski definition) is 2. The second-order valence-corrected chi connectivity index (χ2v) is 5.73. The van der Waals surface area contributed by atoms with Gasteiger partial charge in [0, 0.05) is 9.64 Å². The number of amides is 1. The third-order valence-corrected chi connectivity index (χ3v) is 3.84. The van der Waals surface area contributed by atoms with Gasteiger partial charge >= 0.3 is 0 Å². The Morgan fingerprint density at radius 2 is 1.77 bits per heavy atom. The van der Waals surface area contributed by atoms with Crippen LogP contribution in [0, 0.1) is 13.7 Å². The topological polar surface area (TPSA) is 84.3 Å². The van der Waals surface area contributed by atoms with Gasteiger partial charge in [0.15, 0.2) is 5.11 Å². The molecule has 6 nitrogen and oxygen atoms in total. The van der Waals surface area contributed by atoms with Crippen molar-refractivity contribution in [3.8, 4) is 0 Å². The van der Waals surface area contributed by atoms with Gasteiger partial charge in [0.1, 0.15) is 5.69 Å². The molecule has 1 amide bonds. The molecule has 2 aromatic rings. The lowest BCUT2D eigenvalue weighted by atomic mass is 10.2. The molecule has 0 unspecified atom stereocenters. The quantitative estimate of drug-likeness (QED) is 0.340. The van der Waals surface area contributed by atoms with Crippen molar-refractivity contribution in [2.24, 2.45) is 0 Å². The van der Waals surface area contributed by atoms with Crippen LogP contribution in [-0.4, -0.2) is 15.9 Å². The number of carbonyl (C=O) groups excluding carboxylic acids is 1. The minimum absolute atomic E-state index is 0.000969. The highest BCUT2D eigenvalue weighted by Crippen LogP contribution is 2.23. The van der Waals surface area contributed by atoms with Gasteiger partial charge in [0.2, 0.25) is 0 Å². The largest absolute Gasteiger partial charge is 0.327 e. The monoisotopic (exact) mass is 427 g/mol. The average molecular weight is 427 g/mol. The molecular weight excluding hydrogens is 417 g/mol. The minimum Gasteiger partial charge on any atom is -0.327 e. The van der Waals surface area contributed by atoms with Crippen molar-refractivity contribution < 1.29 is 9.72 Å². The van der Waals surface area contributed by atoms with Crippen LogP contribution in [0.5, 0.6) is 0 Å². The van der Waals surface area contributed by atoms with Crippen molar-refractivity contribution in [3.05, 3.63) is 67.8 Å². The number of anilines is 1. The second-order valence-electron chi connectivity index (χ2n) is 4.16. The Kier molecular flexibility index (Phi) is 5.39. The van der Waals surface area contributed by atoms with Gasteiger partial charge in [-0.3, -0.25) is 20.2 Å². The maximum atomic E-state index is 12.1. The highest BCUT2D eigenvalue weighted by molar-refractivity contribution is 14.1. The molecule has 0 bridgehead atoms. The molecule has 0 aromatic heterocycles. The summed E-state index contributed by atoms with van der Waals surface area (Å²) < 4.78 is 0.783. The van der Waals surface area contributed by atoms with Crippen LogP contribution in [0.1, 0.15) is 10.4 Å². The highest BCUT2D eigenvalue weighted by atomic mass is 127. The lowest BCUT2D eigenvalue weighted by Gasteiger charge is -2.10. The molecule has 2 rings (SSSR count). The molecule has 0 saturated heterocycles. The maximum Gasteiger partial charge on any atom is 0.292 e. The molecule has 0 aliphatic heterocycles.